The number of benzene rings is 1. The van der Waals surface area contributed by atoms with Crippen molar-refractivity contribution in [1.82, 2.24) is 14.8 Å². The van der Waals surface area contributed by atoms with E-state index in [1.54, 1.807) is 18.4 Å². The highest BCUT2D eigenvalue weighted by atomic mass is 32.2. The van der Waals surface area contributed by atoms with Crippen LogP contribution in [-0.4, -0.2) is 27.8 Å². The number of methoxy groups -OCH3 is 1. The Labute approximate surface area is 178 Å². The maximum atomic E-state index is 11.7. The number of carbonyl (C=O) groups is 1. The van der Waals surface area contributed by atoms with Gasteiger partial charge >= 0.3 is 5.97 Å². The van der Waals surface area contributed by atoms with Gasteiger partial charge in [-0.3, -0.25) is 4.57 Å². The molecular formula is C22H21N3O4S. The highest BCUT2D eigenvalue weighted by Gasteiger charge is 2.22. The third kappa shape index (κ3) is 4.04. The van der Waals surface area contributed by atoms with E-state index in [0.29, 0.717) is 12.3 Å². The fourth-order valence-electron chi connectivity index (χ4n) is 3.10. The van der Waals surface area contributed by atoms with E-state index < -0.39 is 5.97 Å². The van der Waals surface area contributed by atoms with Gasteiger partial charge in [0.15, 0.2) is 11.0 Å². The molecule has 0 saturated heterocycles. The number of hydrogen-bond donors (Lipinski definition) is 0. The quantitative estimate of drug-likeness (QED) is 0.301. The molecule has 8 heteroatoms. The summed E-state index contributed by atoms with van der Waals surface area (Å²) in [6.45, 7) is 4.52. The first-order valence-electron chi connectivity index (χ1n) is 9.43. The normalized spacial score (nSPS) is 12.1. The molecule has 3 heterocycles. The van der Waals surface area contributed by atoms with Crippen molar-refractivity contribution < 1.29 is 18.4 Å². The molecule has 4 rings (SSSR count). The molecule has 0 amide bonds. The van der Waals surface area contributed by atoms with E-state index in [2.05, 4.69) is 26.9 Å². The van der Waals surface area contributed by atoms with Gasteiger partial charge in [-0.2, -0.15) is 0 Å². The summed E-state index contributed by atoms with van der Waals surface area (Å²) in [4.78, 5) is 11.7. The average Bonchev–Trinajstić information content (AvgIpc) is 3.49. The Morgan fingerprint density at radius 2 is 1.97 bits per heavy atom. The minimum absolute atomic E-state index is 0.0829. The zero-order valence-electron chi connectivity index (χ0n) is 16.9. The number of ether oxygens (including phenoxy) is 1. The fourth-order valence-corrected chi connectivity index (χ4v) is 4.02. The van der Waals surface area contributed by atoms with Crippen molar-refractivity contribution in [2.75, 3.05) is 7.11 Å². The maximum Gasteiger partial charge on any atom is 0.373 e. The van der Waals surface area contributed by atoms with Crippen LogP contribution in [-0.2, 0) is 11.3 Å². The molecule has 1 unspecified atom stereocenters. The van der Waals surface area contributed by atoms with Crippen LogP contribution in [0.3, 0.4) is 0 Å². The molecule has 154 valence electrons. The van der Waals surface area contributed by atoms with Crippen LogP contribution in [0.2, 0.25) is 0 Å². The van der Waals surface area contributed by atoms with Crippen LogP contribution < -0.4 is 0 Å². The molecule has 0 aliphatic carbocycles. The van der Waals surface area contributed by atoms with Gasteiger partial charge in [-0.1, -0.05) is 42.1 Å². The highest BCUT2D eigenvalue weighted by Crippen LogP contribution is 2.37. The number of carbonyl (C=O) groups excluding carboxylic acids is 1. The van der Waals surface area contributed by atoms with E-state index in [4.69, 9.17) is 13.6 Å². The lowest BCUT2D eigenvalue weighted by Gasteiger charge is -2.12. The summed E-state index contributed by atoms with van der Waals surface area (Å²) in [6, 6.07) is 15.4. The second-order valence-corrected chi connectivity index (χ2v) is 8.03. The summed E-state index contributed by atoms with van der Waals surface area (Å²) in [5.41, 5.74) is 2.05. The largest absolute Gasteiger partial charge is 0.469 e. The van der Waals surface area contributed by atoms with Crippen molar-refractivity contribution in [3.8, 4) is 11.4 Å². The van der Waals surface area contributed by atoms with Crippen LogP contribution >= 0.6 is 11.8 Å². The lowest BCUT2D eigenvalue weighted by Crippen LogP contribution is -2.05. The highest BCUT2D eigenvalue weighted by molar-refractivity contribution is 7.99. The van der Waals surface area contributed by atoms with Crippen molar-refractivity contribution in [3.05, 3.63) is 77.6 Å². The van der Waals surface area contributed by atoms with Crippen LogP contribution in [0.4, 0.5) is 0 Å². The molecule has 0 aliphatic heterocycles. The standard InChI is InChI=1S/C22H21N3O4S/c1-14-17(11-12-28-14)20-23-24-22(25(20)13-16-7-5-4-6-8-16)30-15(2)18-9-10-19(29-18)21(26)27-3/h4-12,15H,13H2,1-3H3. The van der Waals surface area contributed by atoms with Crippen LogP contribution in [0.1, 0.15) is 39.8 Å². The number of thioether (sulfide) groups is 1. The zero-order valence-corrected chi connectivity index (χ0v) is 17.7. The molecule has 30 heavy (non-hydrogen) atoms. The second kappa shape index (κ2) is 8.62. The van der Waals surface area contributed by atoms with E-state index in [1.165, 1.54) is 18.9 Å². The van der Waals surface area contributed by atoms with Crippen molar-refractivity contribution in [2.24, 2.45) is 0 Å². The van der Waals surface area contributed by atoms with Gasteiger partial charge in [0.1, 0.15) is 11.5 Å². The molecule has 0 N–H and O–H groups in total. The Kier molecular flexibility index (Phi) is 5.76. The Morgan fingerprint density at radius 3 is 2.67 bits per heavy atom. The van der Waals surface area contributed by atoms with E-state index in [0.717, 1.165) is 27.9 Å². The van der Waals surface area contributed by atoms with Crippen LogP contribution in [0, 0.1) is 6.92 Å². The van der Waals surface area contributed by atoms with E-state index in [1.807, 2.05) is 38.1 Å². The van der Waals surface area contributed by atoms with Gasteiger partial charge in [-0.15, -0.1) is 10.2 Å². The molecule has 0 fully saturated rings. The molecular weight excluding hydrogens is 402 g/mol. The Balaban J connectivity index is 1.65. The van der Waals surface area contributed by atoms with Gasteiger partial charge < -0.3 is 13.6 Å². The summed E-state index contributed by atoms with van der Waals surface area (Å²) < 4.78 is 17.9. The second-order valence-electron chi connectivity index (χ2n) is 6.72. The predicted molar refractivity (Wildman–Crippen MR) is 112 cm³/mol. The molecule has 0 bridgehead atoms. The van der Waals surface area contributed by atoms with Gasteiger partial charge in [0.05, 0.1) is 30.7 Å². The summed E-state index contributed by atoms with van der Waals surface area (Å²) in [5.74, 6) is 1.88. The smallest absolute Gasteiger partial charge is 0.373 e. The van der Waals surface area contributed by atoms with E-state index in [9.17, 15) is 4.79 Å². The Morgan fingerprint density at radius 1 is 1.17 bits per heavy atom. The number of nitrogens with zero attached hydrogens (tertiary/aromatic N) is 3. The summed E-state index contributed by atoms with van der Waals surface area (Å²) in [7, 11) is 1.33. The number of aryl methyl sites for hydroxylation is 1. The first-order chi connectivity index (χ1) is 14.6. The van der Waals surface area contributed by atoms with Crippen LogP contribution in [0.15, 0.2) is 68.8 Å². The minimum Gasteiger partial charge on any atom is -0.469 e. The number of rotatable bonds is 7. The molecule has 0 saturated carbocycles. The third-order valence-electron chi connectivity index (χ3n) is 4.70. The Hall–Kier alpha value is -3.26. The number of hydrogen-bond acceptors (Lipinski definition) is 7. The SMILES string of the molecule is COC(=O)c1ccc(C(C)Sc2nnc(-c3ccoc3C)n2Cc2ccccc2)o1. The van der Waals surface area contributed by atoms with Gasteiger partial charge in [0, 0.05) is 0 Å². The minimum atomic E-state index is -0.497. The third-order valence-corrected chi connectivity index (χ3v) is 5.80. The first kappa shape index (κ1) is 20.0. The molecule has 3 aromatic heterocycles. The molecule has 0 spiro atoms. The van der Waals surface area contributed by atoms with Crippen molar-refractivity contribution in [1.29, 1.82) is 0 Å². The van der Waals surface area contributed by atoms with E-state index in [-0.39, 0.29) is 11.0 Å². The summed E-state index contributed by atoms with van der Waals surface area (Å²) in [6.07, 6.45) is 1.65. The molecule has 0 radical (unpaired) electrons. The number of aromatic nitrogens is 3. The van der Waals surface area contributed by atoms with Gasteiger partial charge in [0.2, 0.25) is 5.76 Å². The number of furan rings is 2. The van der Waals surface area contributed by atoms with Gasteiger partial charge in [0.25, 0.3) is 0 Å². The van der Waals surface area contributed by atoms with Gasteiger partial charge in [-0.05, 0) is 37.6 Å². The maximum absolute atomic E-state index is 11.7. The lowest BCUT2D eigenvalue weighted by atomic mass is 10.2. The average molecular weight is 423 g/mol. The van der Waals surface area contributed by atoms with Crippen LogP contribution in [0.25, 0.3) is 11.4 Å². The van der Waals surface area contributed by atoms with E-state index >= 15 is 0 Å². The lowest BCUT2D eigenvalue weighted by molar-refractivity contribution is 0.0563. The summed E-state index contributed by atoms with van der Waals surface area (Å²) in [5, 5.41) is 9.54. The molecule has 7 nitrogen and oxygen atoms in total. The van der Waals surface area contributed by atoms with Crippen molar-refractivity contribution in [2.45, 2.75) is 30.8 Å². The van der Waals surface area contributed by atoms with Gasteiger partial charge in [-0.25, -0.2) is 4.79 Å². The molecule has 4 aromatic rings. The van der Waals surface area contributed by atoms with Crippen molar-refractivity contribution >= 4 is 17.7 Å². The number of esters is 1. The topological polar surface area (TPSA) is 83.3 Å². The van der Waals surface area contributed by atoms with Crippen molar-refractivity contribution in [3.63, 3.8) is 0 Å². The zero-order chi connectivity index (χ0) is 21.1. The Bertz CT molecular complexity index is 1150. The molecule has 1 atom stereocenters. The fraction of sp³-hybridized carbons (Fsp3) is 0.227. The monoisotopic (exact) mass is 423 g/mol. The predicted octanol–water partition coefficient (Wildman–Crippen LogP) is 5.13. The molecule has 0 aliphatic rings. The molecule has 1 aromatic carbocycles. The van der Waals surface area contributed by atoms with Crippen LogP contribution in [0.5, 0.6) is 0 Å². The first-order valence-corrected chi connectivity index (χ1v) is 10.3. The summed E-state index contributed by atoms with van der Waals surface area (Å²) >= 11 is 1.51.